The number of hydrogen-bond acceptors (Lipinski definition) is 5. The van der Waals surface area contributed by atoms with Crippen LogP contribution in [0.15, 0.2) is 28.8 Å². The summed E-state index contributed by atoms with van der Waals surface area (Å²) in [5, 5.41) is 7.63. The first-order valence-corrected chi connectivity index (χ1v) is 7.68. The number of para-hydroxylation sites is 1. The second-order valence-corrected chi connectivity index (χ2v) is 5.81. The van der Waals surface area contributed by atoms with Crippen LogP contribution in [-0.2, 0) is 6.54 Å². The zero-order valence-corrected chi connectivity index (χ0v) is 11.9. The van der Waals surface area contributed by atoms with Crippen LogP contribution in [0.3, 0.4) is 0 Å². The van der Waals surface area contributed by atoms with Crippen molar-refractivity contribution in [3.8, 4) is 5.75 Å². The summed E-state index contributed by atoms with van der Waals surface area (Å²) in [7, 11) is 0. The molecule has 1 aliphatic heterocycles. The van der Waals surface area contributed by atoms with E-state index in [1.807, 2.05) is 18.2 Å². The molecular weight excluding hydrogens is 266 g/mol. The summed E-state index contributed by atoms with van der Waals surface area (Å²) in [4.78, 5) is 4.53. The predicted octanol–water partition coefficient (Wildman–Crippen LogP) is 2.63. The fourth-order valence-corrected chi connectivity index (χ4v) is 3.22. The van der Waals surface area contributed by atoms with Crippen LogP contribution >= 0.6 is 0 Å². The van der Waals surface area contributed by atoms with Gasteiger partial charge in [-0.2, -0.15) is 4.98 Å². The molecule has 1 atom stereocenters. The molecule has 1 aliphatic carbocycles. The van der Waals surface area contributed by atoms with Gasteiger partial charge in [-0.1, -0.05) is 36.2 Å². The summed E-state index contributed by atoms with van der Waals surface area (Å²) in [5.41, 5.74) is 1.15. The van der Waals surface area contributed by atoms with E-state index >= 15 is 0 Å². The highest BCUT2D eigenvalue weighted by molar-refractivity contribution is 5.42. The quantitative estimate of drug-likeness (QED) is 0.935. The van der Waals surface area contributed by atoms with Gasteiger partial charge in [0.2, 0.25) is 5.89 Å². The van der Waals surface area contributed by atoms with Gasteiger partial charge in [-0.05, 0) is 18.9 Å². The molecule has 2 heterocycles. The van der Waals surface area contributed by atoms with Gasteiger partial charge in [0, 0.05) is 11.6 Å². The summed E-state index contributed by atoms with van der Waals surface area (Å²) < 4.78 is 11.1. The Hall–Kier alpha value is -1.88. The van der Waals surface area contributed by atoms with Crippen molar-refractivity contribution in [2.24, 2.45) is 0 Å². The van der Waals surface area contributed by atoms with Gasteiger partial charge in [0.1, 0.15) is 12.4 Å². The molecule has 110 valence electrons. The highest BCUT2D eigenvalue weighted by Gasteiger charge is 2.29. The van der Waals surface area contributed by atoms with E-state index in [-0.39, 0.29) is 5.92 Å². The van der Waals surface area contributed by atoms with Crippen LogP contribution in [0.4, 0.5) is 0 Å². The van der Waals surface area contributed by atoms with Crippen LogP contribution in [0.5, 0.6) is 5.75 Å². The zero-order valence-electron chi connectivity index (χ0n) is 11.9. The largest absolute Gasteiger partial charge is 0.492 e. The fraction of sp³-hybridized carbons (Fsp3) is 0.500. The number of rotatable bonds is 4. The topological polar surface area (TPSA) is 60.2 Å². The van der Waals surface area contributed by atoms with Crippen molar-refractivity contribution in [2.75, 3.05) is 6.61 Å². The Labute approximate surface area is 123 Å². The van der Waals surface area contributed by atoms with Gasteiger partial charge in [0.15, 0.2) is 5.82 Å². The first-order valence-electron chi connectivity index (χ1n) is 7.68. The minimum atomic E-state index is 0.0881. The van der Waals surface area contributed by atoms with Crippen LogP contribution in [0, 0.1) is 0 Å². The molecule has 5 heteroatoms. The Morgan fingerprint density at radius 2 is 2.05 bits per heavy atom. The molecule has 0 bridgehead atoms. The van der Waals surface area contributed by atoms with E-state index in [0.29, 0.717) is 25.1 Å². The van der Waals surface area contributed by atoms with Crippen molar-refractivity contribution >= 4 is 0 Å². The number of nitrogens with zero attached hydrogens (tertiary/aromatic N) is 2. The fourth-order valence-electron chi connectivity index (χ4n) is 3.22. The van der Waals surface area contributed by atoms with E-state index in [1.54, 1.807) is 0 Å². The summed E-state index contributed by atoms with van der Waals surface area (Å²) in [6.45, 7) is 1.25. The monoisotopic (exact) mass is 285 g/mol. The van der Waals surface area contributed by atoms with E-state index in [1.165, 1.54) is 25.7 Å². The lowest BCUT2D eigenvalue weighted by atomic mass is 10.0. The van der Waals surface area contributed by atoms with Gasteiger partial charge in [0.25, 0.3) is 0 Å². The molecule has 0 spiro atoms. The molecule has 1 aromatic carbocycles. The standard InChI is InChI=1S/C16H19N3O2/c1-2-6-11(5-1)17-9-15-18-16(19-21-15)13-10-20-14-8-4-3-7-12(13)14/h3-4,7-8,11,13,17H,1-2,5-6,9-10H2. The smallest absolute Gasteiger partial charge is 0.240 e. The summed E-state index contributed by atoms with van der Waals surface area (Å²) >= 11 is 0. The number of ether oxygens (including phenoxy) is 1. The normalized spacial score (nSPS) is 21.4. The minimum Gasteiger partial charge on any atom is -0.492 e. The molecule has 1 unspecified atom stereocenters. The average molecular weight is 285 g/mol. The number of benzene rings is 1. The van der Waals surface area contributed by atoms with Gasteiger partial charge < -0.3 is 14.6 Å². The third kappa shape index (κ3) is 2.53. The maximum Gasteiger partial charge on any atom is 0.240 e. The Balaban J connectivity index is 1.45. The van der Waals surface area contributed by atoms with Crippen LogP contribution in [0.1, 0.15) is 48.9 Å². The van der Waals surface area contributed by atoms with Crippen molar-refractivity contribution in [2.45, 2.75) is 44.2 Å². The summed E-state index contributed by atoms with van der Waals surface area (Å²) in [5.74, 6) is 2.41. The van der Waals surface area contributed by atoms with Crippen molar-refractivity contribution in [1.82, 2.24) is 15.5 Å². The van der Waals surface area contributed by atoms with Crippen LogP contribution in [0.2, 0.25) is 0 Å². The molecule has 0 radical (unpaired) electrons. The Morgan fingerprint density at radius 1 is 1.19 bits per heavy atom. The van der Waals surface area contributed by atoms with Gasteiger partial charge in [-0.3, -0.25) is 0 Å². The lowest BCUT2D eigenvalue weighted by Crippen LogP contribution is -2.25. The Kier molecular flexibility index (Phi) is 3.35. The highest BCUT2D eigenvalue weighted by Crippen LogP contribution is 2.36. The molecule has 0 saturated heterocycles. The van der Waals surface area contributed by atoms with Crippen molar-refractivity contribution < 1.29 is 9.26 Å². The molecular formula is C16H19N3O2. The maximum absolute atomic E-state index is 5.68. The summed E-state index contributed by atoms with van der Waals surface area (Å²) in [6.07, 6.45) is 5.15. The van der Waals surface area contributed by atoms with Crippen molar-refractivity contribution in [1.29, 1.82) is 0 Å². The molecule has 2 aliphatic rings. The number of hydrogen-bond donors (Lipinski definition) is 1. The predicted molar refractivity (Wildman–Crippen MR) is 77.2 cm³/mol. The molecule has 1 fully saturated rings. The highest BCUT2D eigenvalue weighted by atomic mass is 16.5. The minimum absolute atomic E-state index is 0.0881. The first-order chi connectivity index (χ1) is 10.4. The van der Waals surface area contributed by atoms with E-state index in [9.17, 15) is 0 Å². The summed E-state index contributed by atoms with van der Waals surface area (Å²) in [6, 6.07) is 8.66. The van der Waals surface area contributed by atoms with Crippen molar-refractivity contribution in [3.63, 3.8) is 0 Å². The number of aromatic nitrogens is 2. The van der Waals surface area contributed by atoms with Crippen LogP contribution < -0.4 is 10.1 Å². The zero-order chi connectivity index (χ0) is 14.1. The molecule has 0 amide bonds. The van der Waals surface area contributed by atoms with Gasteiger partial charge in [-0.25, -0.2) is 0 Å². The van der Waals surface area contributed by atoms with Gasteiger partial charge in [0.05, 0.1) is 12.5 Å². The lowest BCUT2D eigenvalue weighted by molar-refractivity contribution is 0.328. The molecule has 21 heavy (non-hydrogen) atoms. The first kappa shape index (κ1) is 12.8. The Morgan fingerprint density at radius 3 is 2.95 bits per heavy atom. The number of nitrogens with one attached hydrogen (secondary N) is 1. The molecule has 1 N–H and O–H groups in total. The van der Waals surface area contributed by atoms with Crippen LogP contribution in [-0.4, -0.2) is 22.8 Å². The Bertz CT molecular complexity index is 619. The molecule has 1 saturated carbocycles. The van der Waals surface area contributed by atoms with E-state index in [2.05, 4.69) is 21.5 Å². The second kappa shape index (κ2) is 5.48. The van der Waals surface area contributed by atoms with E-state index in [4.69, 9.17) is 9.26 Å². The third-order valence-corrected chi connectivity index (χ3v) is 4.39. The molecule has 4 rings (SSSR count). The SMILES string of the molecule is c1ccc2c(c1)OCC2c1noc(CNC2CCCC2)n1. The van der Waals surface area contributed by atoms with Gasteiger partial charge in [-0.15, -0.1) is 0 Å². The van der Waals surface area contributed by atoms with E-state index < -0.39 is 0 Å². The van der Waals surface area contributed by atoms with Crippen LogP contribution in [0.25, 0.3) is 0 Å². The molecule has 5 nitrogen and oxygen atoms in total. The average Bonchev–Trinajstić information content (AvgIpc) is 3.25. The third-order valence-electron chi connectivity index (χ3n) is 4.39. The van der Waals surface area contributed by atoms with Gasteiger partial charge >= 0.3 is 0 Å². The number of fused-ring (bicyclic) bond motifs is 1. The van der Waals surface area contributed by atoms with Crippen molar-refractivity contribution in [3.05, 3.63) is 41.5 Å². The molecule has 2 aromatic rings. The lowest BCUT2D eigenvalue weighted by Gasteiger charge is -2.08. The second-order valence-electron chi connectivity index (χ2n) is 5.81. The van der Waals surface area contributed by atoms with E-state index in [0.717, 1.165) is 17.1 Å². The maximum atomic E-state index is 5.68. The molecule has 1 aromatic heterocycles.